The summed E-state index contributed by atoms with van der Waals surface area (Å²) in [7, 11) is -1.25. The highest BCUT2D eigenvalue weighted by Gasteiger charge is 2.17. The molecule has 0 aromatic carbocycles. The van der Waals surface area contributed by atoms with Crippen molar-refractivity contribution < 1.29 is 9.00 Å². The maximum atomic E-state index is 12.1. The van der Waals surface area contributed by atoms with E-state index in [1.165, 1.54) is 11.2 Å². The van der Waals surface area contributed by atoms with Crippen LogP contribution >= 0.6 is 0 Å². The van der Waals surface area contributed by atoms with Gasteiger partial charge in [-0.15, -0.1) is 18.3 Å². The maximum absolute atomic E-state index is 12.1. The number of carbonyl (C=O) groups is 1. The minimum absolute atomic E-state index is 0.187. The van der Waals surface area contributed by atoms with Crippen LogP contribution in [0.4, 0.5) is 4.79 Å². The molecule has 1 atom stereocenters. The smallest absolute Gasteiger partial charge is 0.315 e. The van der Waals surface area contributed by atoms with Crippen LogP contribution in [0.2, 0.25) is 0 Å². The fraction of sp³-hybridized carbons (Fsp3) is 0.417. The topological polar surface area (TPSA) is 68.1 Å². The van der Waals surface area contributed by atoms with Crippen LogP contribution < -0.4 is 0 Å². The third-order valence-electron chi connectivity index (χ3n) is 2.23. The van der Waals surface area contributed by atoms with Crippen molar-refractivity contribution >= 4 is 16.8 Å². The van der Waals surface area contributed by atoms with E-state index >= 15 is 0 Å². The third kappa shape index (κ3) is 4.13. The molecule has 0 N–H and O–H groups in total. The van der Waals surface area contributed by atoms with E-state index in [9.17, 15) is 9.00 Å². The predicted molar refractivity (Wildman–Crippen MR) is 74.3 cm³/mol. The number of carbonyl (C=O) groups excluding carboxylic acids is 1. The monoisotopic (exact) mass is 282 g/mol. The molecule has 1 aromatic rings. The summed E-state index contributed by atoms with van der Waals surface area (Å²) in [5, 5.41) is 4.15. The molecule has 1 heterocycles. The van der Waals surface area contributed by atoms with Gasteiger partial charge in [0, 0.05) is 18.8 Å². The summed E-state index contributed by atoms with van der Waals surface area (Å²) in [5.41, 5.74) is 0. The van der Waals surface area contributed by atoms with Gasteiger partial charge in [-0.05, 0) is 6.42 Å². The van der Waals surface area contributed by atoms with E-state index in [-0.39, 0.29) is 11.2 Å². The third-order valence-corrected chi connectivity index (χ3v) is 3.60. The van der Waals surface area contributed by atoms with Crippen molar-refractivity contribution in [2.75, 3.05) is 18.8 Å². The lowest BCUT2D eigenvalue weighted by Gasteiger charge is -2.17. The van der Waals surface area contributed by atoms with E-state index < -0.39 is 10.8 Å². The summed E-state index contributed by atoms with van der Waals surface area (Å²) in [6, 6.07) is -0.341. The second kappa shape index (κ2) is 7.63. The molecule has 1 rings (SSSR count). The molecule has 0 spiro atoms. The summed E-state index contributed by atoms with van der Waals surface area (Å²) in [6.45, 7) is 9.89. The molecule has 19 heavy (non-hydrogen) atoms. The van der Waals surface area contributed by atoms with Crippen molar-refractivity contribution in [3.63, 3.8) is 0 Å². The van der Waals surface area contributed by atoms with Gasteiger partial charge in [0.1, 0.15) is 6.33 Å². The number of hydrogen-bond acceptors (Lipinski definition) is 4. The fourth-order valence-corrected chi connectivity index (χ4v) is 2.31. The summed E-state index contributed by atoms with van der Waals surface area (Å²) in [5.74, 6) is 0.487. The van der Waals surface area contributed by atoms with Crippen LogP contribution in [0.25, 0.3) is 0 Å². The number of aromatic nitrogens is 3. The van der Waals surface area contributed by atoms with E-state index in [2.05, 4.69) is 23.2 Å². The molecule has 0 radical (unpaired) electrons. The molecule has 0 bridgehead atoms. The molecule has 1 aromatic heterocycles. The van der Waals surface area contributed by atoms with Crippen molar-refractivity contribution in [2.45, 2.75) is 18.5 Å². The summed E-state index contributed by atoms with van der Waals surface area (Å²) >= 11 is 0. The van der Waals surface area contributed by atoms with Crippen LogP contribution in [0.5, 0.6) is 0 Å². The van der Waals surface area contributed by atoms with Crippen molar-refractivity contribution in [3.8, 4) is 0 Å². The number of nitrogens with zero attached hydrogens (tertiary/aromatic N) is 4. The molecule has 0 fully saturated rings. The Kier molecular flexibility index (Phi) is 6.14. The standard InChI is InChI=1S/C12H18N4O2S/c1-4-7-15(8-5-2)12(17)16-10-13-11(14-16)19(18)9-6-3/h4-5,10H,1-2,6-9H2,3H3. The van der Waals surface area contributed by atoms with E-state index in [0.717, 1.165) is 11.1 Å². The zero-order valence-corrected chi connectivity index (χ0v) is 11.8. The van der Waals surface area contributed by atoms with Gasteiger partial charge in [0.15, 0.2) is 0 Å². The Balaban J connectivity index is 2.84. The first-order valence-corrected chi connectivity index (χ1v) is 7.27. The van der Waals surface area contributed by atoms with Gasteiger partial charge < -0.3 is 4.90 Å². The molecule has 7 heteroatoms. The fourth-order valence-electron chi connectivity index (χ4n) is 1.41. The van der Waals surface area contributed by atoms with Gasteiger partial charge in [-0.25, -0.2) is 9.78 Å². The largest absolute Gasteiger partial charge is 0.346 e. The summed E-state index contributed by atoms with van der Waals surface area (Å²) in [4.78, 5) is 17.5. The molecular formula is C12H18N4O2S. The summed E-state index contributed by atoms with van der Waals surface area (Å²) in [6.07, 6.45) is 5.29. The minimum Gasteiger partial charge on any atom is -0.315 e. The average molecular weight is 282 g/mol. The minimum atomic E-state index is -1.25. The molecule has 0 aliphatic carbocycles. The summed E-state index contributed by atoms with van der Waals surface area (Å²) < 4.78 is 12.8. The number of hydrogen-bond donors (Lipinski definition) is 0. The highest BCUT2D eigenvalue weighted by molar-refractivity contribution is 7.84. The molecule has 0 aliphatic heterocycles. The van der Waals surface area contributed by atoms with E-state index in [4.69, 9.17) is 0 Å². The first kappa shape index (κ1) is 15.3. The molecule has 0 saturated carbocycles. The van der Waals surface area contributed by atoms with Gasteiger partial charge in [0.05, 0.1) is 10.8 Å². The van der Waals surface area contributed by atoms with E-state index in [1.807, 2.05) is 6.92 Å². The Hall–Kier alpha value is -1.76. The van der Waals surface area contributed by atoms with Crippen molar-refractivity contribution in [1.82, 2.24) is 19.7 Å². The lowest BCUT2D eigenvalue weighted by molar-refractivity contribution is 0.206. The highest BCUT2D eigenvalue weighted by atomic mass is 32.2. The molecular weight excluding hydrogens is 264 g/mol. The van der Waals surface area contributed by atoms with Crippen LogP contribution in [0.3, 0.4) is 0 Å². The lowest BCUT2D eigenvalue weighted by atomic mass is 10.5. The first-order valence-electron chi connectivity index (χ1n) is 5.95. The van der Waals surface area contributed by atoms with E-state index in [1.54, 1.807) is 12.2 Å². The van der Waals surface area contributed by atoms with Gasteiger partial charge in [-0.3, -0.25) is 4.21 Å². The molecule has 0 saturated heterocycles. The molecule has 104 valence electrons. The maximum Gasteiger partial charge on any atom is 0.346 e. The van der Waals surface area contributed by atoms with Crippen LogP contribution in [0.15, 0.2) is 36.8 Å². The van der Waals surface area contributed by atoms with Crippen LogP contribution in [-0.4, -0.2) is 48.7 Å². The zero-order valence-electron chi connectivity index (χ0n) is 11.0. The number of amides is 1. The quantitative estimate of drug-likeness (QED) is 0.710. The van der Waals surface area contributed by atoms with Crippen molar-refractivity contribution in [1.29, 1.82) is 0 Å². The predicted octanol–water partition coefficient (Wildman–Crippen LogP) is 1.44. The van der Waals surface area contributed by atoms with Crippen molar-refractivity contribution in [2.24, 2.45) is 0 Å². The van der Waals surface area contributed by atoms with Gasteiger partial charge in [0.2, 0.25) is 5.16 Å². The van der Waals surface area contributed by atoms with Gasteiger partial charge in [-0.1, -0.05) is 19.1 Å². The lowest BCUT2D eigenvalue weighted by Crippen LogP contribution is -2.35. The van der Waals surface area contributed by atoms with E-state index in [0.29, 0.717) is 18.8 Å². The van der Waals surface area contributed by atoms with Crippen LogP contribution in [0.1, 0.15) is 13.3 Å². The Morgan fingerprint density at radius 1 is 1.47 bits per heavy atom. The average Bonchev–Trinajstić information content (AvgIpc) is 2.87. The van der Waals surface area contributed by atoms with Crippen molar-refractivity contribution in [3.05, 3.63) is 31.6 Å². The van der Waals surface area contributed by atoms with Gasteiger partial charge in [-0.2, -0.15) is 4.68 Å². The normalized spacial score (nSPS) is 11.8. The van der Waals surface area contributed by atoms with Crippen LogP contribution in [-0.2, 0) is 10.8 Å². The van der Waals surface area contributed by atoms with Gasteiger partial charge in [0.25, 0.3) is 0 Å². The molecule has 1 unspecified atom stereocenters. The highest BCUT2D eigenvalue weighted by Crippen LogP contribution is 2.02. The van der Waals surface area contributed by atoms with Crippen LogP contribution in [0, 0.1) is 0 Å². The second-order valence-electron chi connectivity index (χ2n) is 3.79. The molecule has 6 nitrogen and oxygen atoms in total. The Morgan fingerprint density at radius 3 is 2.63 bits per heavy atom. The Labute approximate surface area is 115 Å². The molecule has 0 aliphatic rings. The number of rotatable bonds is 7. The second-order valence-corrected chi connectivity index (χ2v) is 5.25. The zero-order chi connectivity index (χ0) is 14.3. The Morgan fingerprint density at radius 2 is 2.11 bits per heavy atom. The Bertz CT molecular complexity index is 474. The SMILES string of the molecule is C=CCN(CC=C)C(=O)n1cnc(S(=O)CCC)n1. The first-order chi connectivity index (χ1) is 9.13. The van der Waals surface area contributed by atoms with Gasteiger partial charge >= 0.3 is 6.03 Å². The molecule has 1 amide bonds.